The molecule has 0 aliphatic rings. The summed E-state index contributed by atoms with van der Waals surface area (Å²) in [6, 6.07) is 0. The van der Waals surface area contributed by atoms with Crippen molar-refractivity contribution < 1.29 is 38.3 Å². The van der Waals surface area contributed by atoms with E-state index in [2.05, 4.69) is 25.9 Å². The molecular weight excluding hydrogens is 573 g/mol. The van der Waals surface area contributed by atoms with Crippen LogP contribution in [0.1, 0.15) is 43.6 Å². The molecule has 0 aliphatic carbocycles. The number of hydrogen-bond acceptors (Lipinski definition) is 11. The van der Waals surface area contributed by atoms with Crippen LogP contribution in [0.3, 0.4) is 0 Å². The lowest BCUT2D eigenvalue weighted by molar-refractivity contribution is -0.120. The number of ether oxygens (including phenoxy) is 1. The van der Waals surface area contributed by atoms with Crippen molar-refractivity contribution in [1.29, 1.82) is 0 Å². The molecule has 17 heteroatoms. The molecule has 14 nitrogen and oxygen atoms in total. The Balaban J connectivity index is 2.41. The van der Waals surface area contributed by atoms with Crippen LogP contribution >= 0.6 is 15.9 Å². The lowest BCUT2D eigenvalue weighted by Crippen LogP contribution is -2.46. The van der Waals surface area contributed by atoms with E-state index in [1.54, 1.807) is 0 Å². The fraction of sp³-hybridized carbons (Fsp3) is 0.708. The molecule has 0 bridgehead atoms. The first-order valence-corrected chi connectivity index (χ1v) is 17.4. The summed E-state index contributed by atoms with van der Waals surface area (Å²) in [5.41, 5.74) is -0.650. The predicted molar refractivity (Wildman–Crippen MR) is 160 cm³/mol. The summed E-state index contributed by atoms with van der Waals surface area (Å²) in [6.07, 6.45) is 5.40. The van der Waals surface area contributed by atoms with Crippen LogP contribution in [0.25, 0.3) is 0 Å². The molecule has 1 rings (SSSR count). The Kier molecular flexibility index (Phi) is 19.4. The third kappa shape index (κ3) is 17.4. The molecule has 0 spiro atoms. The van der Waals surface area contributed by atoms with Gasteiger partial charge in [0.2, 0.25) is 5.91 Å². The number of hydrogen-bond donors (Lipinski definition) is 5. The van der Waals surface area contributed by atoms with E-state index in [0.29, 0.717) is 58.9 Å². The Morgan fingerprint density at radius 2 is 1.88 bits per heavy atom. The number of aromatic nitrogens is 2. The zero-order chi connectivity index (χ0) is 30.6. The van der Waals surface area contributed by atoms with Crippen LogP contribution in [0.15, 0.2) is 18.6 Å². The lowest BCUT2D eigenvalue weighted by atomic mass is 9.81. The predicted octanol–water partition coefficient (Wildman–Crippen LogP) is 0.356. The molecular formula is C24H45BN6O8P2. The van der Waals surface area contributed by atoms with Gasteiger partial charge in [0.05, 0.1) is 20.9 Å². The van der Waals surface area contributed by atoms with Gasteiger partial charge in [-0.2, -0.15) is 0 Å². The number of amides is 3. The number of rotatable bonds is 21. The number of aliphatic hydroxyl groups excluding tert-OH is 1. The second-order valence-electron chi connectivity index (χ2n) is 9.88. The molecule has 1 aromatic rings. The third-order valence-corrected chi connectivity index (χ3v) is 9.70. The normalized spacial score (nSPS) is 14.1. The fourth-order valence-corrected chi connectivity index (χ4v) is 6.53. The molecule has 1 aromatic heterocycles. The van der Waals surface area contributed by atoms with Crippen molar-refractivity contribution in [3.05, 3.63) is 24.3 Å². The van der Waals surface area contributed by atoms with Crippen LogP contribution in [-0.4, -0.2) is 121 Å². The SMILES string of the molecule is CC(C)C[C@H](BOCCCN(CCCO)CCOC(=O)NC(P(C)O)[PH](C)=O)NC(=O)CNC(=O)c1cnccn1. The molecule has 5 N–H and O–H groups in total. The van der Waals surface area contributed by atoms with Gasteiger partial charge < -0.3 is 39.9 Å². The second-order valence-corrected chi connectivity index (χ2v) is 13.8. The molecule has 41 heavy (non-hydrogen) atoms. The lowest BCUT2D eigenvalue weighted by Gasteiger charge is -2.23. The molecule has 4 atom stereocenters. The van der Waals surface area contributed by atoms with E-state index in [0.717, 1.165) is 0 Å². The maximum Gasteiger partial charge on any atom is 0.408 e. The number of nitrogens with one attached hydrogen (secondary N) is 3. The van der Waals surface area contributed by atoms with Crippen molar-refractivity contribution in [2.24, 2.45) is 5.92 Å². The summed E-state index contributed by atoms with van der Waals surface area (Å²) in [4.78, 5) is 56.0. The molecule has 0 radical (unpaired) electrons. The fourth-order valence-electron chi connectivity index (χ4n) is 3.81. The minimum atomic E-state index is -2.15. The first-order chi connectivity index (χ1) is 19.5. The molecule has 0 fully saturated rings. The second kappa shape index (κ2) is 21.5. The molecule has 0 aliphatic heterocycles. The van der Waals surface area contributed by atoms with E-state index in [9.17, 15) is 28.9 Å². The zero-order valence-corrected chi connectivity index (χ0v) is 26.3. The first kappa shape index (κ1) is 36.9. The van der Waals surface area contributed by atoms with Gasteiger partial charge in [-0.25, -0.2) is 9.78 Å². The number of nitrogens with zero attached hydrogens (tertiary/aromatic N) is 3. The van der Waals surface area contributed by atoms with Gasteiger partial charge in [-0.1, -0.05) is 13.8 Å². The number of carbonyl (C=O) groups is 3. The molecule has 232 valence electrons. The van der Waals surface area contributed by atoms with Crippen molar-refractivity contribution in [1.82, 2.24) is 30.8 Å². The highest BCUT2D eigenvalue weighted by atomic mass is 31.2. The Morgan fingerprint density at radius 1 is 1.15 bits per heavy atom. The van der Waals surface area contributed by atoms with Gasteiger partial charge in [-0.15, -0.1) is 0 Å². The zero-order valence-electron chi connectivity index (χ0n) is 24.4. The molecule has 1 heterocycles. The van der Waals surface area contributed by atoms with Crippen LogP contribution in [0.2, 0.25) is 0 Å². The average Bonchev–Trinajstić information content (AvgIpc) is 2.92. The van der Waals surface area contributed by atoms with Gasteiger partial charge in [-0.3, -0.25) is 19.5 Å². The molecule has 3 unspecified atom stereocenters. The molecule has 3 amide bonds. The van der Waals surface area contributed by atoms with Crippen molar-refractivity contribution in [3.63, 3.8) is 0 Å². The van der Waals surface area contributed by atoms with Crippen LogP contribution in [0.4, 0.5) is 4.79 Å². The van der Waals surface area contributed by atoms with E-state index >= 15 is 0 Å². The summed E-state index contributed by atoms with van der Waals surface area (Å²) in [6.45, 7) is 9.15. The smallest absolute Gasteiger partial charge is 0.408 e. The summed E-state index contributed by atoms with van der Waals surface area (Å²) in [5, 5.41) is 17.1. The van der Waals surface area contributed by atoms with Crippen molar-refractivity contribution in [2.75, 3.05) is 59.3 Å². The Bertz CT molecular complexity index is 935. The Hall–Kier alpha value is -2.15. The van der Waals surface area contributed by atoms with Crippen molar-refractivity contribution >= 4 is 41.3 Å². The third-order valence-electron chi connectivity index (χ3n) is 5.69. The summed E-state index contributed by atoms with van der Waals surface area (Å²) >= 11 is 0. The van der Waals surface area contributed by atoms with Crippen LogP contribution in [0, 0.1) is 5.92 Å². The number of carbonyl (C=O) groups excluding carboxylic acids is 3. The number of alkyl carbamates (subject to hydrolysis) is 1. The highest BCUT2D eigenvalue weighted by molar-refractivity contribution is 7.66. The number of aliphatic hydroxyl groups is 1. The van der Waals surface area contributed by atoms with E-state index in [-0.39, 0.29) is 37.3 Å². The van der Waals surface area contributed by atoms with Crippen molar-refractivity contribution in [2.45, 2.75) is 44.6 Å². The van der Waals surface area contributed by atoms with Gasteiger partial charge in [-0.05, 0) is 38.5 Å². The summed E-state index contributed by atoms with van der Waals surface area (Å²) in [5.74, 6) is -0.716. The average molecular weight is 618 g/mol. The van der Waals surface area contributed by atoms with Crippen molar-refractivity contribution in [3.8, 4) is 0 Å². The monoisotopic (exact) mass is 618 g/mol. The van der Waals surface area contributed by atoms with Crippen LogP contribution in [-0.2, 0) is 18.8 Å². The topological polar surface area (TPSA) is 192 Å². The van der Waals surface area contributed by atoms with E-state index in [1.165, 1.54) is 31.9 Å². The van der Waals surface area contributed by atoms with E-state index in [4.69, 9.17) is 9.39 Å². The Morgan fingerprint density at radius 3 is 2.49 bits per heavy atom. The van der Waals surface area contributed by atoms with Gasteiger partial charge in [0.25, 0.3) is 13.4 Å². The van der Waals surface area contributed by atoms with E-state index < -0.39 is 33.5 Å². The standard InChI is InChI=1S/C24H45BN6O8P2/c1-18(2)15-20(29-21(33)17-28-22(34)19-16-26-7-8-27-19)25-39-13-6-10-31(9-5-12-32)11-14-38-23(35)30-24(40(3)36)41(4)37/h7-8,16,18,20,24-25,32,36,41H,5-6,9-15,17H2,1-4H3,(H,28,34)(H,29,33)(H,30,35)/t20-,24?,40?/m1/s1. The minimum absolute atomic E-state index is 0.0349. The van der Waals surface area contributed by atoms with Gasteiger partial charge in [0, 0.05) is 51.2 Å². The molecule has 0 saturated carbocycles. The van der Waals surface area contributed by atoms with Gasteiger partial charge >= 0.3 is 6.09 Å². The Labute approximate surface area is 244 Å². The molecule has 0 saturated heterocycles. The van der Waals surface area contributed by atoms with Crippen LogP contribution < -0.4 is 16.0 Å². The van der Waals surface area contributed by atoms with Crippen LogP contribution in [0.5, 0.6) is 0 Å². The highest BCUT2D eigenvalue weighted by Crippen LogP contribution is 2.43. The summed E-state index contributed by atoms with van der Waals surface area (Å²) < 4.78 is 22.8. The molecule has 0 aromatic carbocycles. The summed E-state index contributed by atoms with van der Waals surface area (Å²) in [7, 11) is -3.43. The van der Waals surface area contributed by atoms with E-state index in [1.807, 2.05) is 18.7 Å². The highest BCUT2D eigenvalue weighted by Gasteiger charge is 2.22. The van der Waals surface area contributed by atoms with Gasteiger partial charge in [0.1, 0.15) is 25.6 Å². The quantitative estimate of drug-likeness (QED) is 0.0726. The van der Waals surface area contributed by atoms with Gasteiger partial charge in [0.15, 0.2) is 0 Å². The largest absolute Gasteiger partial charge is 0.448 e. The minimum Gasteiger partial charge on any atom is -0.448 e. The first-order valence-electron chi connectivity index (χ1n) is 13.6. The maximum absolute atomic E-state index is 12.4. The maximum atomic E-state index is 12.4.